The normalized spacial score (nSPS) is 11.3. The van der Waals surface area contributed by atoms with E-state index in [0.717, 1.165) is 18.5 Å². The number of nitrogens with zero attached hydrogens (tertiary/aromatic N) is 1. The van der Waals surface area contributed by atoms with Crippen LogP contribution in [0, 0.1) is 0 Å². The molecule has 4 heteroatoms. The van der Waals surface area contributed by atoms with Crippen LogP contribution in [0.15, 0.2) is 47.6 Å². The number of rotatable bonds is 19. The van der Waals surface area contributed by atoms with E-state index >= 15 is 0 Å². The first-order valence-electron chi connectivity index (χ1n) is 13.9. The van der Waals surface area contributed by atoms with Crippen molar-refractivity contribution in [2.45, 2.75) is 110 Å². The second-order valence-corrected chi connectivity index (χ2v) is 9.91. The number of hydrogen-bond acceptors (Lipinski definition) is 2. The summed E-state index contributed by atoms with van der Waals surface area (Å²) >= 11 is 5.34. The SMILES string of the molecule is CCCCCCCCCCCCCCCCCCNC(=S)N/N=C/c1cccc2ccccc12. The van der Waals surface area contributed by atoms with Gasteiger partial charge < -0.3 is 5.32 Å². The molecule has 0 heterocycles. The van der Waals surface area contributed by atoms with Crippen molar-refractivity contribution in [2.75, 3.05) is 6.54 Å². The monoisotopic (exact) mass is 481 g/mol. The molecule has 0 saturated heterocycles. The fraction of sp³-hybridized carbons (Fsp3) is 0.600. The van der Waals surface area contributed by atoms with Gasteiger partial charge in [-0.15, -0.1) is 0 Å². The highest BCUT2D eigenvalue weighted by Gasteiger charge is 1.98. The van der Waals surface area contributed by atoms with Crippen LogP contribution in [0.3, 0.4) is 0 Å². The maximum atomic E-state index is 5.34. The Morgan fingerprint density at radius 2 is 1.24 bits per heavy atom. The molecule has 0 amide bonds. The fourth-order valence-electron chi connectivity index (χ4n) is 4.44. The summed E-state index contributed by atoms with van der Waals surface area (Å²) in [5.41, 5.74) is 4.03. The minimum atomic E-state index is 0.595. The van der Waals surface area contributed by atoms with Gasteiger partial charge in [0.2, 0.25) is 0 Å². The van der Waals surface area contributed by atoms with Crippen molar-refractivity contribution >= 4 is 34.3 Å². The van der Waals surface area contributed by atoms with Crippen LogP contribution in [-0.4, -0.2) is 17.9 Å². The summed E-state index contributed by atoms with van der Waals surface area (Å²) in [6, 6.07) is 14.6. The predicted molar refractivity (Wildman–Crippen MR) is 155 cm³/mol. The van der Waals surface area contributed by atoms with Gasteiger partial charge >= 0.3 is 0 Å². The lowest BCUT2D eigenvalue weighted by atomic mass is 10.0. The van der Waals surface area contributed by atoms with Gasteiger partial charge in [0.25, 0.3) is 0 Å². The number of nitrogens with one attached hydrogen (secondary N) is 2. The summed E-state index contributed by atoms with van der Waals surface area (Å²) in [5, 5.41) is 10.6. The van der Waals surface area contributed by atoms with Crippen molar-refractivity contribution in [1.29, 1.82) is 0 Å². The van der Waals surface area contributed by atoms with E-state index in [1.165, 1.54) is 107 Å². The van der Waals surface area contributed by atoms with Crippen LogP contribution >= 0.6 is 12.2 Å². The first kappa shape index (κ1) is 28.3. The first-order chi connectivity index (χ1) is 16.8. The molecule has 0 aliphatic heterocycles. The lowest BCUT2D eigenvalue weighted by Crippen LogP contribution is -2.32. The van der Waals surface area contributed by atoms with Crippen LogP contribution in [0.2, 0.25) is 0 Å². The van der Waals surface area contributed by atoms with E-state index in [-0.39, 0.29) is 0 Å². The predicted octanol–water partition coefficient (Wildman–Crippen LogP) is 8.90. The number of hydrogen-bond donors (Lipinski definition) is 2. The number of benzene rings is 2. The molecule has 2 aromatic carbocycles. The van der Waals surface area contributed by atoms with Crippen LogP contribution in [0.4, 0.5) is 0 Å². The Balaban J connectivity index is 1.37. The molecule has 0 fully saturated rings. The Morgan fingerprint density at radius 1 is 0.706 bits per heavy atom. The molecule has 3 nitrogen and oxygen atoms in total. The summed E-state index contributed by atoms with van der Waals surface area (Å²) in [5.74, 6) is 0. The molecule has 0 saturated carbocycles. The average Bonchev–Trinajstić information content (AvgIpc) is 2.86. The standard InChI is InChI=1S/C30H47N3S/c1-2-3-4-5-6-7-8-9-10-11-12-13-14-15-16-19-25-31-30(34)33-32-26-28-23-20-22-27-21-17-18-24-29(27)28/h17-18,20-24,26H,2-16,19,25H2,1H3,(H2,31,33,34)/b32-26+. The largest absolute Gasteiger partial charge is 0.361 e. The molecule has 188 valence electrons. The van der Waals surface area contributed by atoms with Crippen molar-refractivity contribution in [3.8, 4) is 0 Å². The van der Waals surface area contributed by atoms with Crippen molar-refractivity contribution in [1.82, 2.24) is 10.7 Å². The van der Waals surface area contributed by atoms with Gasteiger partial charge in [-0.25, -0.2) is 0 Å². The first-order valence-corrected chi connectivity index (χ1v) is 14.3. The molecular formula is C30H47N3S. The van der Waals surface area contributed by atoms with Gasteiger partial charge in [0.1, 0.15) is 0 Å². The van der Waals surface area contributed by atoms with Gasteiger partial charge in [-0.05, 0) is 29.4 Å². The van der Waals surface area contributed by atoms with Gasteiger partial charge in [0.15, 0.2) is 5.11 Å². The topological polar surface area (TPSA) is 36.4 Å². The highest BCUT2D eigenvalue weighted by Crippen LogP contribution is 2.17. The molecule has 34 heavy (non-hydrogen) atoms. The van der Waals surface area contributed by atoms with Gasteiger partial charge in [-0.2, -0.15) is 5.10 Å². The maximum absolute atomic E-state index is 5.34. The van der Waals surface area contributed by atoms with Gasteiger partial charge in [-0.3, -0.25) is 5.43 Å². The van der Waals surface area contributed by atoms with E-state index in [4.69, 9.17) is 12.2 Å². The Labute approximate surface area is 214 Å². The van der Waals surface area contributed by atoms with E-state index in [1.54, 1.807) is 0 Å². The molecule has 0 radical (unpaired) electrons. The third-order valence-corrected chi connectivity index (χ3v) is 6.74. The molecule has 0 aliphatic rings. The fourth-order valence-corrected chi connectivity index (χ4v) is 4.59. The van der Waals surface area contributed by atoms with Gasteiger partial charge in [0.05, 0.1) is 6.21 Å². The molecule has 2 N–H and O–H groups in total. The molecule has 0 atom stereocenters. The van der Waals surface area contributed by atoms with Crippen LogP contribution in [0.25, 0.3) is 10.8 Å². The number of fused-ring (bicyclic) bond motifs is 1. The zero-order chi connectivity index (χ0) is 24.1. The Kier molecular flexibility index (Phi) is 16.1. The smallest absolute Gasteiger partial charge is 0.186 e. The average molecular weight is 482 g/mol. The van der Waals surface area contributed by atoms with Crippen LogP contribution in [-0.2, 0) is 0 Å². The molecule has 0 unspecified atom stereocenters. The Hall–Kier alpha value is -1.94. The lowest BCUT2D eigenvalue weighted by molar-refractivity contribution is 0.529. The minimum Gasteiger partial charge on any atom is -0.361 e. The summed E-state index contributed by atoms with van der Waals surface area (Å²) in [6.07, 6.45) is 24.1. The van der Waals surface area contributed by atoms with E-state index in [2.05, 4.69) is 65.2 Å². The van der Waals surface area contributed by atoms with Crippen molar-refractivity contribution in [3.05, 3.63) is 48.0 Å². The quantitative estimate of drug-likeness (QED) is 0.0910. The third kappa shape index (κ3) is 13.1. The van der Waals surface area contributed by atoms with Crippen LogP contribution in [0.1, 0.15) is 115 Å². The van der Waals surface area contributed by atoms with Crippen molar-refractivity contribution in [2.24, 2.45) is 5.10 Å². The van der Waals surface area contributed by atoms with Crippen molar-refractivity contribution in [3.63, 3.8) is 0 Å². The highest BCUT2D eigenvalue weighted by molar-refractivity contribution is 7.80. The lowest BCUT2D eigenvalue weighted by Gasteiger charge is -2.07. The zero-order valence-corrected chi connectivity index (χ0v) is 22.3. The van der Waals surface area contributed by atoms with E-state index in [0.29, 0.717) is 5.11 Å². The Bertz CT molecular complexity index is 812. The second-order valence-electron chi connectivity index (χ2n) is 9.50. The molecule has 0 spiro atoms. The molecule has 0 aliphatic carbocycles. The second kappa shape index (κ2) is 19.4. The van der Waals surface area contributed by atoms with Gasteiger partial charge in [0, 0.05) is 12.1 Å². The molecule has 0 aromatic heterocycles. The van der Waals surface area contributed by atoms with E-state index < -0.39 is 0 Å². The maximum Gasteiger partial charge on any atom is 0.186 e. The molecule has 2 aromatic rings. The number of thiocarbonyl (C=S) groups is 1. The number of unbranched alkanes of at least 4 members (excludes halogenated alkanes) is 15. The third-order valence-electron chi connectivity index (χ3n) is 6.51. The summed E-state index contributed by atoms with van der Waals surface area (Å²) in [4.78, 5) is 0. The molecular weight excluding hydrogens is 434 g/mol. The summed E-state index contributed by atoms with van der Waals surface area (Å²) in [6.45, 7) is 3.20. The Morgan fingerprint density at radius 3 is 1.85 bits per heavy atom. The van der Waals surface area contributed by atoms with E-state index in [9.17, 15) is 0 Å². The van der Waals surface area contributed by atoms with Crippen LogP contribution < -0.4 is 10.7 Å². The molecule has 0 bridgehead atoms. The van der Waals surface area contributed by atoms with Crippen LogP contribution in [0.5, 0.6) is 0 Å². The summed E-state index contributed by atoms with van der Waals surface area (Å²) < 4.78 is 0. The number of hydrazone groups is 1. The van der Waals surface area contributed by atoms with Crippen molar-refractivity contribution < 1.29 is 0 Å². The van der Waals surface area contributed by atoms with E-state index in [1.807, 2.05) is 6.21 Å². The van der Waals surface area contributed by atoms with Gasteiger partial charge in [-0.1, -0.05) is 146 Å². The summed E-state index contributed by atoms with van der Waals surface area (Å²) in [7, 11) is 0. The zero-order valence-electron chi connectivity index (χ0n) is 21.5. The molecule has 2 rings (SSSR count). The minimum absolute atomic E-state index is 0.595. The highest BCUT2D eigenvalue weighted by atomic mass is 32.1.